The number of carbonyl (C=O) groups is 1. The van der Waals surface area contributed by atoms with Crippen molar-refractivity contribution in [3.63, 3.8) is 0 Å². The average molecular weight is 384 g/mol. The number of nitrogens with zero attached hydrogens (tertiary/aromatic N) is 2. The number of likely N-dealkylation sites (N-methyl/N-ethyl adjacent to an activating group) is 1. The SMILES string of the molecule is Cc1ccccc1CN(C)C(CC1=CC(O)=CCC1)C(=O)Nc1nccs1. The van der Waals surface area contributed by atoms with Gasteiger partial charge in [0.1, 0.15) is 5.76 Å². The zero-order valence-electron chi connectivity index (χ0n) is 15.7. The number of anilines is 1. The van der Waals surface area contributed by atoms with E-state index in [1.165, 1.54) is 22.5 Å². The molecule has 1 unspecified atom stereocenters. The lowest BCUT2D eigenvalue weighted by Gasteiger charge is -2.29. The van der Waals surface area contributed by atoms with Crippen molar-refractivity contribution >= 4 is 22.4 Å². The first kappa shape index (κ1) is 19.3. The Morgan fingerprint density at radius 2 is 2.22 bits per heavy atom. The molecule has 0 saturated heterocycles. The molecule has 0 spiro atoms. The van der Waals surface area contributed by atoms with Crippen molar-refractivity contribution in [3.05, 3.63) is 70.5 Å². The number of allylic oxidation sites excluding steroid dienone is 2. The molecule has 0 radical (unpaired) electrons. The van der Waals surface area contributed by atoms with Crippen molar-refractivity contribution in [3.8, 4) is 0 Å². The van der Waals surface area contributed by atoms with Gasteiger partial charge in [-0.3, -0.25) is 9.69 Å². The molecule has 5 nitrogen and oxygen atoms in total. The Hall–Kier alpha value is -2.44. The van der Waals surface area contributed by atoms with E-state index >= 15 is 0 Å². The van der Waals surface area contributed by atoms with Crippen LogP contribution < -0.4 is 5.32 Å². The third kappa shape index (κ3) is 5.28. The maximum absolute atomic E-state index is 13.0. The summed E-state index contributed by atoms with van der Waals surface area (Å²) in [5.74, 6) is 0.216. The molecule has 1 aromatic heterocycles. The van der Waals surface area contributed by atoms with Crippen LogP contribution in [0.4, 0.5) is 5.13 Å². The van der Waals surface area contributed by atoms with E-state index in [4.69, 9.17) is 0 Å². The van der Waals surface area contributed by atoms with Gasteiger partial charge < -0.3 is 10.4 Å². The minimum atomic E-state index is -0.342. The monoisotopic (exact) mass is 383 g/mol. The molecule has 2 aromatic rings. The van der Waals surface area contributed by atoms with Crippen molar-refractivity contribution in [2.24, 2.45) is 0 Å². The molecule has 6 heteroatoms. The summed E-state index contributed by atoms with van der Waals surface area (Å²) in [6, 6.07) is 7.88. The molecule has 0 fully saturated rings. The normalized spacial score (nSPS) is 15.2. The van der Waals surface area contributed by atoms with E-state index in [0.717, 1.165) is 18.4 Å². The van der Waals surface area contributed by atoms with Gasteiger partial charge in [0, 0.05) is 18.1 Å². The molecule has 1 heterocycles. The number of thiazole rings is 1. The van der Waals surface area contributed by atoms with E-state index in [2.05, 4.69) is 34.3 Å². The van der Waals surface area contributed by atoms with E-state index in [1.807, 2.05) is 30.6 Å². The van der Waals surface area contributed by atoms with Crippen LogP contribution in [-0.2, 0) is 11.3 Å². The molecule has 142 valence electrons. The van der Waals surface area contributed by atoms with E-state index < -0.39 is 0 Å². The maximum Gasteiger partial charge on any atom is 0.243 e. The molecule has 1 atom stereocenters. The van der Waals surface area contributed by atoms with Gasteiger partial charge in [0.2, 0.25) is 5.91 Å². The Kier molecular flexibility index (Phi) is 6.42. The van der Waals surface area contributed by atoms with Crippen molar-refractivity contribution in [1.82, 2.24) is 9.88 Å². The van der Waals surface area contributed by atoms with E-state index in [1.54, 1.807) is 12.3 Å². The fraction of sp³-hybridized carbons (Fsp3) is 0.333. The van der Waals surface area contributed by atoms with E-state index in [-0.39, 0.29) is 17.7 Å². The Balaban J connectivity index is 1.78. The Morgan fingerprint density at radius 1 is 1.41 bits per heavy atom. The standard InChI is InChI=1S/C21H25N3O2S/c1-15-6-3-4-8-17(15)14-24(2)19(13-16-7-5-9-18(25)12-16)20(26)23-21-22-10-11-27-21/h3-4,6,8-12,19,25H,5,7,13-14H2,1-2H3,(H,22,23,26). The average Bonchev–Trinajstić information content (AvgIpc) is 3.14. The molecular formula is C21H25N3O2S. The zero-order chi connectivity index (χ0) is 19.2. The molecule has 1 aliphatic rings. The van der Waals surface area contributed by atoms with Crippen LogP contribution in [0.5, 0.6) is 0 Å². The smallest absolute Gasteiger partial charge is 0.243 e. The fourth-order valence-corrected chi connectivity index (χ4v) is 3.78. The first-order chi connectivity index (χ1) is 13.0. The zero-order valence-corrected chi connectivity index (χ0v) is 16.5. The number of aryl methyl sites for hydroxylation is 1. The summed E-state index contributed by atoms with van der Waals surface area (Å²) in [5.41, 5.74) is 3.50. The predicted octanol–water partition coefficient (Wildman–Crippen LogP) is 4.44. The van der Waals surface area contributed by atoms with Crippen LogP contribution in [0, 0.1) is 6.92 Å². The number of rotatable bonds is 7. The van der Waals surface area contributed by atoms with Gasteiger partial charge in [0.25, 0.3) is 0 Å². The van der Waals surface area contributed by atoms with Gasteiger partial charge in [-0.1, -0.05) is 29.8 Å². The quantitative estimate of drug-likeness (QED) is 0.742. The number of hydrogen-bond acceptors (Lipinski definition) is 5. The molecule has 1 amide bonds. The summed E-state index contributed by atoms with van der Waals surface area (Å²) < 4.78 is 0. The molecule has 0 aliphatic heterocycles. The van der Waals surface area contributed by atoms with E-state index in [9.17, 15) is 9.90 Å². The second-order valence-corrected chi connectivity index (χ2v) is 7.75. The van der Waals surface area contributed by atoms with Crippen molar-refractivity contribution in [1.29, 1.82) is 0 Å². The van der Waals surface area contributed by atoms with Gasteiger partial charge in [-0.15, -0.1) is 11.3 Å². The van der Waals surface area contributed by atoms with Gasteiger partial charge >= 0.3 is 0 Å². The van der Waals surface area contributed by atoms with Gasteiger partial charge in [-0.25, -0.2) is 4.98 Å². The van der Waals surface area contributed by atoms with Gasteiger partial charge in [0.05, 0.1) is 6.04 Å². The minimum absolute atomic E-state index is 0.0732. The largest absolute Gasteiger partial charge is 0.508 e. The number of carbonyl (C=O) groups excluding carboxylic acids is 1. The number of nitrogens with one attached hydrogen (secondary N) is 1. The maximum atomic E-state index is 13.0. The van der Waals surface area contributed by atoms with Gasteiger partial charge in [0.15, 0.2) is 5.13 Å². The highest BCUT2D eigenvalue weighted by Gasteiger charge is 2.26. The highest BCUT2D eigenvalue weighted by molar-refractivity contribution is 7.13. The summed E-state index contributed by atoms with van der Waals surface area (Å²) in [6.45, 7) is 2.76. The van der Waals surface area contributed by atoms with Gasteiger partial charge in [-0.05, 0) is 56.5 Å². The number of benzene rings is 1. The Morgan fingerprint density at radius 3 is 2.93 bits per heavy atom. The summed E-state index contributed by atoms with van der Waals surface area (Å²) in [4.78, 5) is 19.2. The van der Waals surface area contributed by atoms with Crippen LogP contribution in [0.1, 0.15) is 30.4 Å². The van der Waals surface area contributed by atoms with Crippen LogP contribution in [0.2, 0.25) is 0 Å². The molecule has 0 bridgehead atoms. The van der Waals surface area contributed by atoms with Gasteiger partial charge in [-0.2, -0.15) is 0 Å². The summed E-state index contributed by atoms with van der Waals surface area (Å²) in [6.07, 6.45) is 7.53. The highest BCUT2D eigenvalue weighted by atomic mass is 32.1. The lowest BCUT2D eigenvalue weighted by atomic mass is 9.95. The third-order valence-electron chi connectivity index (χ3n) is 4.80. The lowest BCUT2D eigenvalue weighted by Crippen LogP contribution is -2.42. The Labute approximate surface area is 164 Å². The molecule has 0 saturated carbocycles. The third-order valence-corrected chi connectivity index (χ3v) is 5.49. The summed E-state index contributed by atoms with van der Waals surface area (Å²) >= 11 is 1.41. The van der Waals surface area contributed by atoms with Crippen LogP contribution in [0.3, 0.4) is 0 Å². The van der Waals surface area contributed by atoms with E-state index in [0.29, 0.717) is 18.1 Å². The summed E-state index contributed by atoms with van der Waals surface area (Å²) in [7, 11) is 1.97. The number of aliphatic hydroxyl groups excluding tert-OH is 1. The van der Waals surface area contributed by atoms with Crippen molar-refractivity contribution in [2.75, 3.05) is 12.4 Å². The number of aromatic nitrogens is 1. The first-order valence-electron chi connectivity index (χ1n) is 9.06. The van der Waals surface area contributed by atoms with Crippen molar-refractivity contribution in [2.45, 2.75) is 38.8 Å². The predicted molar refractivity (Wildman–Crippen MR) is 110 cm³/mol. The second kappa shape index (κ2) is 8.97. The second-order valence-electron chi connectivity index (χ2n) is 6.86. The van der Waals surface area contributed by atoms with Crippen LogP contribution in [0.15, 0.2) is 59.3 Å². The van der Waals surface area contributed by atoms with Crippen LogP contribution in [0.25, 0.3) is 0 Å². The number of amides is 1. The Bertz CT molecular complexity index is 843. The topological polar surface area (TPSA) is 65.5 Å². The lowest BCUT2D eigenvalue weighted by molar-refractivity contribution is -0.121. The molecule has 27 heavy (non-hydrogen) atoms. The van der Waals surface area contributed by atoms with Crippen LogP contribution in [-0.4, -0.2) is 34.0 Å². The molecule has 1 aliphatic carbocycles. The number of hydrogen-bond donors (Lipinski definition) is 2. The molecule has 3 rings (SSSR count). The summed E-state index contributed by atoms with van der Waals surface area (Å²) in [5, 5.41) is 15.2. The number of aliphatic hydroxyl groups is 1. The highest BCUT2D eigenvalue weighted by Crippen LogP contribution is 2.24. The molecular weight excluding hydrogens is 358 g/mol. The molecule has 1 aromatic carbocycles. The van der Waals surface area contributed by atoms with Crippen molar-refractivity contribution < 1.29 is 9.90 Å². The first-order valence-corrected chi connectivity index (χ1v) is 9.94. The fourth-order valence-electron chi connectivity index (χ4n) is 3.24. The van der Waals surface area contributed by atoms with Crippen LogP contribution >= 0.6 is 11.3 Å². The minimum Gasteiger partial charge on any atom is -0.508 e. The molecule has 2 N–H and O–H groups in total.